The summed E-state index contributed by atoms with van der Waals surface area (Å²) in [6, 6.07) is 4.97. The van der Waals surface area contributed by atoms with Crippen LogP contribution in [0.25, 0.3) is 0 Å². The summed E-state index contributed by atoms with van der Waals surface area (Å²) >= 11 is 0. The lowest BCUT2D eigenvalue weighted by atomic mass is 10.1. The summed E-state index contributed by atoms with van der Waals surface area (Å²) in [5, 5.41) is 5.30. The first-order valence-electron chi connectivity index (χ1n) is 8.97. The Kier molecular flexibility index (Phi) is 7.26. The van der Waals surface area contributed by atoms with Crippen LogP contribution in [0.4, 0.5) is 4.79 Å². The molecule has 1 aromatic rings. The lowest BCUT2D eigenvalue weighted by molar-refractivity contribution is -0.124. The van der Waals surface area contributed by atoms with Crippen LogP contribution in [-0.4, -0.2) is 50.2 Å². The molecule has 3 amide bonds. The fourth-order valence-electron chi connectivity index (χ4n) is 3.11. The van der Waals surface area contributed by atoms with Crippen LogP contribution < -0.4 is 20.1 Å². The highest BCUT2D eigenvalue weighted by atomic mass is 16.5. The van der Waals surface area contributed by atoms with Crippen molar-refractivity contribution >= 4 is 11.9 Å². The molecule has 1 saturated carbocycles. The second-order valence-corrected chi connectivity index (χ2v) is 6.72. The molecule has 0 radical (unpaired) electrons. The van der Waals surface area contributed by atoms with Gasteiger partial charge in [-0.05, 0) is 44.5 Å². The van der Waals surface area contributed by atoms with Gasteiger partial charge in [0.05, 0.1) is 20.3 Å². The number of methoxy groups -OCH3 is 2. The molecule has 1 unspecified atom stereocenters. The summed E-state index contributed by atoms with van der Waals surface area (Å²) in [4.78, 5) is 26.2. The minimum Gasteiger partial charge on any atom is -0.493 e. The molecule has 144 valence electrons. The second kappa shape index (κ2) is 9.43. The van der Waals surface area contributed by atoms with Crippen LogP contribution in [0.5, 0.6) is 11.5 Å². The molecule has 7 nitrogen and oxygen atoms in total. The van der Waals surface area contributed by atoms with Crippen LogP contribution in [-0.2, 0) is 11.3 Å². The highest BCUT2D eigenvalue weighted by Crippen LogP contribution is 2.28. The van der Waals surface area contributed by atoms with E-state index in [2.05, 4.69) is 10.6 Å². The number of amides is 3. The van der Waals surface area contributed by atoms with Crippen molar-refractivity contribution in [2.45, 2.75) is 51.2 Å². The lowest BCUT2D eigenvalue weighted by Crippen LogP contribution is -2.50. The van der Waals surface area contributed by atoms with Crippen molar-refractivity contribution in [3.05, 3.63) is 23.8 Å². The Bertz CT molecular complexity index is 629. The van der Waals surface area contributed by atoms with Crippen molar-refractivity contribution in [1.82, 2.24) is 15.5 Å². The molecule has 2 rings (SSSR count). The molecule has 1 aliphatic carbocycles. The van der Waals surface area contributed by atoms with E-state index in [0.29, 0.717) is 18.0 Å². The molecule has 0 spiro atoms. The van der Waals surface area contributed by atoms with Crippen LogP contribution in [0.15, 0.2) is 18.2 Å². The topological polar surface area (TPSA) is 79.9 Å². The van der Waals surface area contributed by atoms with E-state index in [9.17, 15) is 9.59 Å². The molecule has 1 aliphatic rings. The molecule has 0 bridgehead atoms. The summed E-state index contributed by atoms with van der Waals surface area (Å²) in [6.07, 6.45) is 4.22. The highest BCUT2D eigenvalue weighted by Gasteiger charge is 2.23. The molecule has 1 aromatic carbocycles. The van der Waals surface area contributed by atoms with E-state index in [1.54, 1.807) is 21.1 Å². The first-order valence-corrected chi connectivity index (χ1v) is 8.97. The summed E-state index contributed by atoms with van der Waals surface area (Å²) in [7, 11) is 5.02. The van der Waals surface area contributed by atoms with Gasteiger partial charge in [-0.25, -0.2) is 4.79 Å². The minimum atomic E-state index is -0.447. The molecule has 0 aliphatic heterocycles. The second-order valence-electron chi connectivity index (χ2n) is 6.72. The summed E-state index contributed by atoms with van der Waals surface area (Å²) in [5.74, 6) is 0.989. The van der Waals surface area contributed by atoms with E-state index < -0.39 is 12.1 Å². The third kappa shape index (κ3) is 5.36. The van der Waals surface area contributed by atoms with Gasteiger partial charge in [0.15, 0.2) is 11.5 Å². The molecule has 0 saturated heterocycles. The minimum absolute atomic E-state index is 0.183. The van der Waals surface area contributed by atoms with E-state index in [1.165, 1.54) is 0 Å². The Labute approximate surface area is 155 Å². The standard InChI is InChI=1S/C19H29N3O4/c1-13(18(23)21-19(24)20-15-7-5-6-8-15)22(2)12-14-9-10-16(25-3)17(11-14)26-4/h9-11,13,15H,5-8,12H2,1-4H3,(H2,20,21,23,24). The zero-order chi connectivity index (χ0) is 19.1. The summed E-state index contributed by atoms with van der Waals surface area (Å²) in [6.45, 7) is 2.32. The van der Waals surface area contributed by atoms with Crippen molar-refractivity contribution in [1.29, 1.82) is 0 Å². The van der Waals surface area contributed by atoms with Gasteiger partial charge in [-0.1, -0.05) is 18.9 Å². The smallest absolute Gasteiger partial charge is 0.321 e. The van der Waals surface area contributed by atoms with Crippen molar-refractivity contribution in [2.75, 3.05) is 21.3 Å². The zero-order valence-corrected chi connectivity index (χ0v) is 16.0. The molecule has 2 N–H and O–H groups in total. The molecule has 1 fully saturated rings. The predicted molar refractivity (Wildman–Crippen MR) is 99.4 cm³/mol. The van der Waals surface area contributed by atoms with Gasteiger partial charge in [-0.15, -0.1) is 0 Å². The maximum atomic E-state index is 12.3. The fraction of sp³-hybridized carbons (Fsp3) is 0.579. The molecule has 0 heterocycles. The van der Waals surface area contributed by atoms with Crippen molar-refractivity contribution in [2.24, 2.45) is 0 Å². The van der Waals surface area contributed by atoms with Gasteiger partial charge in [0, 0.05) is 12.6 Å². The molecular weight excluding hydrogens is 334 g/mol. The number of nitrogens with one attached hydrogen (secondary N) is 2. The maximum Gasteiger partial charge on any atom is 0.321 e. The highest BCUT2D eigenvalue weighted by molar-refractivity contribution is 5.96. The number of urea groups is 1. The van der Waals surface area contributed by atoms with Crippen LogP contribution in [0, 0.1) is 0 Å². The monoisotopic (exact) mass is 363 g/mol. The van der Waals surface area contributed by atoms with E-state index in [0.717, 1.165) is 31.2 Å². The van der Waals surface area contributed by atoms with E-state index in [1.807, 2.05) is 30.1 Å². The number of hydrogen-bond donors (Lipinski definition) is 2. The fourth-order valence-corrected chi connectivity index (χ4v) is 3.11. The summed E-state index contributed by atoms with van der Waals surface area (Å²) in [5.41, 5.74) is 0.986. The van der Waals surface area contributed by atoms with Crippen LogP contribution in [0.3, 0.4) is 0 Å². The third-order valence-electron chi connectivity index (χ3n) is 4.85. The average Bonchev–Trinajstić information content (AvgIpc) is 3.13. The maximum absolute atomic E-state index is 12.3. The van der Waals surface area contributed by atoms with E-state index >= 15 is 0 Å². The van der Waals surface area contributed by atoms with Crippen LogP contribution >= 0.6 is 0 Å². The number of imide groups is 1. The Morgan fingerprint density at radius 2 is 1.85 bits per heavy atom. The number of carbonyl (C=O) groups is 2. The van der Waals surface area contributed by atoms with Gasteiger partial charge in [0.1, 0.15) is 0 Å². The van der Waals surface area contributed by atoms with Crippen LogP contribution in [0.2, 0.25) is 0 Å². The SMILES string of the molecule is COc1ccc(CN(C)C(C)C(=O)NC(=O)NC2CCCC2)cc1OC. The normalized spacial score (nSPS) is 15.6. The Hall–Kier alpha value is -2.28. The first kappa shape index (κ1) is 20.0. The molecule has 1 atom stereocenters. The molecule has 0 aromatic heterocycles. The first-order chi connectivity index (χ1) is 12.4. The van der Waals surface area contributed by atoms with E-state index in [-0.39, 0.29) is 11.9 Å². The third-order valence-corrected chi connectivity index (χ3v) is 4.85. The molecule has 7 heteroatoms. The average molecular weight is 363 g/mol. The van der Waals surface area contributed by atoms with E-state index in [4.69, 9.17) is 9.47 Å². The number of nitrogens with zero attached hydrogens (tertiary/aromatic N) is 1. The largest absolute Gasteiger partial charge is 0.493 e. The number of rotatable bonds is 7. The van der Waals surface area contributed by atoms with Crippen LogP contribution in [0.1, 0.15) is 38.2 Å². The predicted octanol–water partition coefficient (Wildman–Crippen LogP) is 2.29. The molecular formula is C19H29N3O4. The number of carbonyl (C=O) groups excluding carboxylic acids is 2. The Morgan fingerprint density at radius 3 is 2.46 bits per heavy atom. The van der Waals surface area contributed by atoms with Crippen molar-refractivity contribution in [3.63, 3.8) is 0 Å². The van der Waals surface area contributed by atoms with Crippen molar-refractivity contribution in [3.8, 4) is 11.5 Å². The van der Waals surface area contributed by atoms with Gasteiger partial charge in [-0.2, -0.15) is 0 Å². The Balaban J connectivity index is 1.88. The summed E-state index contributed by atoms with van der Waals surface area (Å²) < 4.78 is 10.5. The molecule has 26 heavy (non-hydrogen) atoms. The van der Waals surface area contributed by atoms with Gasteiger partial charge in [0.2, 0.25) is 5.91 Å². The zero-order valence-electron chi connectivity index (χ0n) is 16.0. The lowest BCUT2D eigenvalue weighted by Gasteiger charge is -2.24. The van der Waals surface area contributed by atoms with Gasteiger partial charge in [0.25, 0.3) is 0 Å². The Morgan fingerprint density at radius 1 is 1.19 bits per heavy atom. The van der Waals surface area contributed by atoms with Crippen molar-refractivity contribution < 1.29 is 19.1 Å². The number of hydrogen-bond acceptors (Lipinski definition) is 5. The van der Waals surface area contributed by atoms with Gasteiger partial charge < -0.3 is 14.8 Å². The quantitative estimate of drug-likeness (QED) is 0.777. The number of likely N-dealkylation sites (N-methyl/N-ethyl adjacent to an activating group) is 1. The number of benzene rings is 1. The van der Waals surface area contributed by atoms with Gasteiger partial charge >= 0.3 is 6.03 Å². The van der Waals surface area contributed by atoms with Gasteiger partial charge in [-0.3, -0.25) is 15.0 Å². The number of ether oxygens (including phenoxy) is 2.